The SMILES string of the molecule is C[C@H](NN(C(=O)CCN)C(=O)[C@@H]1CCCN(C(=O)CCC2CCN(C(=O)OC(C)(C)C)CC2)C1)C(=O)O. The molecule has 2 heterocycles. The number of carboxylic acid groups (broad SMARTS) is 1. The van der Waals surface area contributed by atoms with E-state index in [2.05, 4.69) is 5.43 Å². The quantitative estimate of drug-likeness (QED) is 0.377. The van der Waals surface area contributed by atoms with Gasteiger partial charge < -0.3 is 25.4 Å². The number of imide groups is 1. The summed E-state index contributed by atoms with van der Waals surface area (Å²) in [6.07, 6.45) is 3.37. The van der Waals surface area contributed by atoms with Gasteiger partial charge in [0.1, 0.15) is 11.6 Å². The fourth-order valence-corrected chi connectivity index (χ4v) is 4.55. The molecule has 2 saturated heterocycles. The number of carbonyl (C=O) groups is 5. The summed E-state index contributed by atoms with van der Waals surface area (Å²) in [5.74, 6) is -2.66. The standard InChI is InChI=1S/C25H43N5O7/c1-17(23(34)35)27-30(21(32)9-12-26)22(33)19-6-5-13-29(16-19)20(31)8-7-18-10-14-28(15-11-18)24(36)37-25(2,3)4/h17-19,27H,5-16,26H2,1-4H3,(H,34,35)/t17-,19+/m0/s1. The number of carbonyl (C=O) groups excluding carboxylic acids is 4. The second kappa shape index (κ2) is 13.7. The molecule has 0 aromatic rings. The molecule has 2 rings (SSSR count). The van der Waals surface area contributed by atoms with Gasteiger partial charge in [-0.2, -0.15) is 0 Å². The molecule has 0 radical (unpaired) electrons. The van der Waals surface area contributed by atoms with Crippen LogP contribution < -0.4 is 11.2 Å². The number of rotatable bonds is 9. The number of nitrogens with two attached hydrogens (primary N) is 1. The smallest absolute Gasteiger partial charge is 0.410 e. The van der Waals surface area contributed by atoms with E-state index in [1.165, 1.54) is 6.92 Å². The molecular weight excluding hydrogens is 482 g/mol. The maximum absolute atomic E-state index is 13.1. The van der Waals surface area contributed by atoms with Gasteiger partial charge in [0.25, 0.3) is 0 Å². The lowest BCUT2D eigenvalue weighted by Gasteiger charge is -2.36. The van der Waals surface area contributed by atoms with Crippen molar-refractivity contribution in [3.8, 4) is 0 Å². The maximum Gasteiger partial charge on any atom is 0.410 e. The number of aliphatic carboxylic acids is 1. The third-order valence-electron chi connectivity index (χ3n) is 6.68. The molecule has 2 aliphatic heterocycles. The zero-order valence-electron chi connectivity index (χ0n) is 22.5. The Kier molecular flexibility index (Phi) is 11.3. The minimum absolute atomic E-state index is 0.0255. The van der Waals surface area contributed by atoms with Crippen molar-refractivity contribution in [2.24, 2.45) is 17.6 Å². The molecule has 0 aromatic carbocycles. The summed E-state index contributed by atoms with van der Waals surface area (Å²) in [7, 11) is 0. The van der Waals surface area contributed by atoms with E-state index in [-0.39, 0.29) is 31.5 Å². The van der Waals surface area contributed by atoms with E-state index in [0.29, 0.717) is 51.2 Å². The van der Waals surface area contributed by atoms with Crippen molar-refractivity contribution < 1.29 is 33.8 Å². The van der Waals surface area contributed by atoms with Crippen molar-refractivity contribution in [2.75, 3.05) is 32.7 Å². The van der Waals surface area contributed by atoms with E-state index in [1.807, 2.05) is 20.8 Å². The molecule has 4 N–H and O–H groups in total. The summed E-state index contributed by atoms with van der Waals surface area (Å²) in [5, 5.41) is 9.95. The highest BCUT2D eigenvalue weighted by atomic mass is 16.6. The Morgan fingerprint density at radius 3 is 2.27 bits per heavy atom. The van der Waals surface area contributed by atoms with Gasteiger partial charge in [0.05, 0.1) is 5.92 Å². The van der Waals surface area contributed by atoms with E-state index in [1.54, 1.807) is 9.80 Å². The van der Waals surface area contributed by atoms with Gasteiger partial charge in [-0.05, 0) is 65.7 Å². The number of nitrogens with zero attached hydrogens (tertiary/aromatic N) is 3. The largest absolute Gasteiger partial charge is 0.480 e. The van der Waals surface area contributed by atoms with Gasteiger partial charge >= 0.3 is 12.1 Å². The average molecular weight is 526 g/mol. The zero-order valence-corrected chi connectivity index (χ0v) is 22.5. The number of hydrogen-bond acceptors (Lipinski definition) is 8. The molecule has 37 heavy (non-hydrogen) atoms. The third kappa shape index (κ3) is 9.58. The number of piperidine rings is 2. The van der Waals surface area contributed by atoms with Gasteiger partial charge in [-0.25, -0.2) is 15.2 Å². The van der Waals surface area contributed by atoms with Crippen LogP contribution in [0.2, 0.25) is 0 Å². The molecule has 12 heteroatoms. The normalized spacial score (nSPS) is 19.8. The molecule has 12 nitrogen and oxygen atoms in total. The Balaban J connectivity index is 1.87. The minimum atomic E-state index is -1.20. The highest BCUT2D eigenvalue weighted by molar-refractivity contribution is 5.96. The first-order valence-corrected chi connectivity index (χ1v) is 13.1. The van der Waals surface area contributed by atoms with E-state index < -0.39 is 35.3 Å². The fourth-order valence-electron chi connectivity index (χ4n) is 4.55. The topological polar surface area (TPSA) is 163 Å². The number of carboxylic acids is 1. The van der Waals surface area contributed by atoms with E-state index in [9.17, 15) is 29.1 Å². The van der Waals surface area contributed by atoms with Crippen molar-refractivity contribution >= 4 is 29.8 Å². The molecule has 2 fully saturated rings. The van der Waals surface area contributed by atoms with Gasteiger partial charge in [0.15, 0.2) is 0 Å². The predicted octanol–water partition coefficient (Wildman–Crippen LogP) is 1.33. The lowest BCUT2D eigenvalue weighted by molar-refractivity contribution is -0.155. The molecule has 0 aliphatic carbocycles. The minimum Gasteiger partial charge on any atom is -0.480 e. The average Bonchev–Trinajstić information content (AvgIpc) is 2.84. The van der Waals surface area contributed by atoms with Crippen molar-refractivity contribution in [3.63, 3.8) is 0 Å². The van der Waals surface area contributed by atoms with Crippen LogP contribution in [0.15, 0.2) is 0 Å². The maximum atomic E-state index is 13.1. The van der Waals surface area contributed by atoms with Gasteiger partial charge in [-0.1, -0.05) is 0 Å². The Hall–Kier alpha value is -2.73. The van der Waals surface area contributed by atoms with Crippen LogP contribution >= 0.6 is 0 Å². The Morgan fingerprint density at radius 2 is 1.70 bits per heavy atom. The zero-order chi connectivity index (χ0) is 27.8. The van der Waals surface area contributed by atoms with E-state index in [4.69, 9.17) is 10.5 Å². The molecule has 0 saturated carbocycles. The van der Waals surface area contributed by atoms with Gasteiger partial charge in [-0.15, -0.1) is 0 Å². The summed E-state index contributed by atoms with van der Waals surface area (Å²) >= 11 is 0. The van der Waals surface area contributed by atoms with Crippen molar-refractivity contribution in [1.29, 1.82) is 0 Å². The number of likely N-dealkylation sites (tertiary alicyclic amines) is 2. The van der Waals surface area contributed by atoms with Crippen LogP contribution in [0.25, 0.3) is 0 Å². The highest BCUT2D eigenvalue weighted by Gasteiger charge is 2.35. The molecule has 0 bridgehead atoms. The van der Waals surface area contributed by atoms with Crippen molar-refractivity contribution in [1.82, 2.24) is 20.2 Å². The van der Waals surface area contributed by atoms with Crippen LogP contribution in [0.4, 0.5) is 4.79 Å². The monoisotopic (exact) mass is 525 g/mol. The summed E-state index contributed by atoms with van der Waals surface area (Å²) in [5.41, 5.74) is 7.40. The highest BCUT2D eigenvalue weighted by Crippen LogP contribution is 2.25. The number of hydrogen-bond donors (Lipinski definition) is 3. The van der Waals surface area contributed by atoms with Crippen LogP contribution in [0, 0.1) is 11.8 Å². The summed E-state index contributed by atoms with van der Waals surface area (Å²) in [4.78, 5) is 65.4. The van der Waals surface area contributed by atoms with Crippen LogP contribution in [0.3, 0.4) is 0 Å². The number of ether oxygens (including phenoxy) is 1. The van der Waals surface area contributed by atoms with Crippen molar-refractivity contribution in [2.45, 2.75) is 84.3 Å². The predicted molar refractivity (Wildman–Crippen MR) is 135 cm³/mol. The fraction of sp³-hybridized carbons (Fsp3) is 0.800. The molecule has 4 amide bonds. The summed E-state index contributed by atoms with van der Waals surface area (Å²) in [6.45, 7) is 8.80. The molecule has 210 valence electrons. The number of nitrogens with one attached hydrogen (secondary N) is 1. The molecular formula is C25H43N5O7. The third-order valence-corrected chi connectivity index (χ3v) is 6.68. The van der Waals surface area contributed by atoms with E-state index >= 15 is 0 Å². The first-order valence-electron chi connectivity index (χ1n) is 13.1. The molecule has 2 atom stereocenters. The lowest BCUT2D eigenvalue weighted by atomic mass is 9.91. The van der Waals surface area contributed by atoms with Gasteiger partial charge in [0.2, 0.25) is 17.7 Å². The molecule has 2 aliphatic rings. The van der Waals surface area contributed by atoms with Crippen molar-refractivity contribution in [3.05, 3.63) is 0 Å². The lowest BCUT2D eigenvalue weighted by Crippen LogP contribution is -2.57. The Bertz CT molecular complexity index is 836. The summed E-state index contributed by atoms with van der Waals surface area (Å²) < 4.78 is 5.43. The van der Waals surface area contributed by atoms with Crippen LogP contribution in [-0.2, 0) is 23.9 Å². The molecule has 0 aromatic heterocycles. The van der Waals surface area contributed by atoms with Crippen LogP contribution in [-0.4, -0.2) is 94.1 Å². The van der Waals surface area contributed by atoms with Gasteiger partial charge in [0, 0.05) is 45.6 Å². The molecule has 0 spiro atoms. The Labute approximate surface area is 218 Å². The van der Waals surface area contributed by atoms with E-state index in [0.717, 1.165) is 17.9 Å². The summed E-state index contributed by atoms with van der Waals surface area (Å²) in [6, 6.07) is -1.14. The Morgan fingerprint density at radius 1 is 1.05 bits per heavy atom. The van der Waals surface area contributed by atoms with Crippen LogP contribution in [0.1, 0.15) is 72.6 Å². The second-order valence-corrected chi connectivity index (χ2v) is 10.9. The second-order valence-electron chi connectivity index (χ2n) is 10.9. The van der Waals surface area contributed by atoms with Crippen LogP contribution in [0.5, 0.6) is 0 Å². The first-order chi connectivity index (χ1) is 17.3. The first kappa shape index (κ1) is 30.5. The number of amides is 4. The number of hydrazine groups is 1. The van der Waals surface area contributed by atoms with Gasteiger partial charge in [-0.3, -0.25) is 19.2 Å². The molecule has 0 unspecified atom stereocenters.